The van der Waals surface area contributed by atoms with Gasteiger partial charge in [-0.2, -0.15) is 0 Å². The number of hydrogen-bond donors (Lipinski definition) is 3. The van der Waals surface area contributed by atoms with E-state index in [1.165, 1.54) is 11.5 Å². The Morgan fingerprint density at radius 2 is 1.75 bits per heavy atom. The van der Waals surface area contributed by atoms with Crippen molar-refractivity contribution < 1.29 is 0 Å². The molecule has 3 heteroatoms. The van der Waals surface area contributed by atoms with Crippen LogP contribution in [-0.4, -0.2) is 17.5 Å². The second-order valence-corrected chi connectivity index (χ2v) is 4.45. The molecule has 1 aliphatic rings. The van der Waals surface area contributed by atoms with Gasteiger partial charge in [0.2, 0.25) is 0 Å². The lowest BCUT2D eigenvalue weighted by atomic mass is 10.2. The fraction of sp³-hybridized carbons (Fsp3) is 1.00. The molecule has 50 valence electrons. The number of thiol groups is 1. The van der Waals surface area contributed by atoms with Crippen molar-refractivity contribution in [3.05, 3.63) is 0 Å². The van der Waals surface area contributed by atoms with Crippen LogP contribution in [0.25, 0.3) is 0 Å². The van der Waals surface area contributed by atoms with Crippen LogP contribution in [-0.2, 0) is 0 Å². The fourth-order valence-corrected chi connectivity index (χ4v) is 2.47. The largest absolute Gasteiger partial charge is 0.328 e. The molecule has 1 rings (SSSR count). The van der Waals surface area contributed by atoms with Gasteiger partial charge in [-0.15, -0.1) is 0 Å². The third kappa shape index (κ3) is 1.65. The first-order chi connectivity index (χ1) is 3.79. The van der Waals surface area contributed by atoms with Crippen molar-refractivity contribution in [2.45, 2.75) is 18.9 Å². The van der Waals surface area contributed by atoms with E-state index in [0.29, 0.717) is 6.04 Å². The molecule has 0 bridgehead atoms. The summed E-state index contributed by atoms with van der Waals surface area (Å²) in [5.74, 6) is 2.38. The summed E-state index contributed by atoms with van der Waals surface area (Å²) in [7, 11) is 0. The number of hydrogen-bond acceptors (Lipinski definition) is 2. The molecule has 0 amide bonds. The van der Waals surface area contributed by atoms with E-state index in [4.69, 9.17) is 10.9 Å². The quantitative estimate of drug-likeness (QED) is 0.408. The molecule has 0 atom stereocenters. The zero-order valence-corrected chi connectivity index (χ0v) is 5.90. The second kappa shape index (κ2) is 2.71. The Balaban J connectivity index is 2.19. The first-order valence-electron chi connectivity index (χ1n) is 3.04. The normalized spacial score (nSPS) is 44.2. The summed E-state index contributed by atoms with van der Waals surface area (Å²) in [6.45, 7) is 0. The van der Waals surface area contributed by atoms with E-state index >= 15 is 0 Å². The minimum absolute atomic E-state index is 0.0983. The van der Waals surface area contributed by atoms with Crippen molar-refractivity contribution in [1.82, 2.24) is 0 Å². The lowest BCUT2D eigenvalue weighted by Gasteiger charge is -2.25. The fourth-order valence-electron chi connectivity index (χ4n) is 0.919. The van der Waals surface area contributed by atoms with Crippen molar-refractivity contribution >= 4 is 11.1 Å². The smallest absolute Gasteiger partial charge is 0.00541 e. The van der Waals surface area contributed by atoms with Gasteiger partial charge in [-0.3, -0.25) is 5.14 Å². The van der Waals surface area contributed by atoms with E-state index in [0.717, 1.165) is 12.8 Å². The van der Waals surface area contributed by atoms with Crippen molar-refractivity contribution in [3.63, 3.8) is 0 Å². The van der Waals surface area contributed by atoms with Crippen molar-refractivity contribution in [2.24, 2.45) is 10.9 Å². The van der Waals surface area contributed by atoms with Gasteiger partial charge in [0.25, 0.3) is 0 Å². The summed E-state index contributed by atoms with van der Waals surface area (Å²) in [6, 6.07) is 0.456. The molecule has 0 unspecified atom stereocenters. The topological polar surface area (TPSA) is 52.0 Å². The molecule has 0 aromatic rings. The highest BCUT2D eigenvalue weighted by Crippen LogP contribution is 2.24. The van der Waals surface area contributed by atoms with Crippen LogP contribution in [0.2, 0.25) is 0 Å². The van der Waals surface area contributed by atoms with Crippen LogP contribution in [0.15, 0.2) is 0 Å². The van der Waals surface area contributed by atoms with Gasteiger partial charge in [-0.25, -0.2) is 11.1 Å². The van der Waals surface area contributed by atoms with Crippen molar-refractivity contribution in [3.8, 4) is 0 Å². The molecule has 0 aliphatic carbocycles. The van der Waals surface area contributed by atoms with Gasteiger partial charge in [0, 0.05) is 6.04 Å². The molecule has 8 heavy (non-hydrogen) atoms. The van der Waals surface area contributed by atoms with E-state index in [9.17, 15) is 0 Å². The van der Waals surface area contributed by atoms with Crippen LogP contribution >= 0.6 is 11.1 Å². The SMILES string of the molecule is NC1CC[SH](N)CC1. The third-order valence-corrected chi connectivity index (χ3v) is 3.24. The average Bonchev–Trinajstić information content (AvgIpc) is 1.77. The van der Waals surface area contributed by atoms with Crippen LogP contribution in [0.5, 0.6) is 0 Å². The zero-order valence-electron chi connectivity index (χ0n) is 5.01. The summed E-state index contributed by atoms with van der Waals surface area (Å²) in [4.78, 5) is 0. The molecule has 1 saturated heterocycles. The Labute approximate surface area is 53.1 Å². The van der Waals surface area contributed by atoms with Gasteiger partial charge in [-0.1, -0.05) is 0 Å². The third-order valence-electron chi connectivity index (χ3n) is 1.57. The lowest BCUT2D eigenvalue weighted by Crippen LogP contribution is -2.28. The van der Waals surface area contributed by atoms with Gasteiger partial charge in [-0.05, 0) is 24.3 Å². The highest BCUT2D eigenvalue weighted by Gasteiger charge is 2.11. The predicted molar refractivity (Wildman–Crippen MR) is 40.1 cm³/mol. The average molecular weight is 134 g/mol. The molecule has 4 N–H and O–H groups in total. The van der Waals surface area contributed by atoms with Crippen LogP contribution in [0.1, 0.15) is 12.8 Å². The molecular formula is C5H14N2S. The molecule has 0 aromatic carbocycles. The summed E-state index contributed by atoms with van der Waals surface area (Å²) in [5.41, 5.74) is 5.65. The standard InChI is InChI=1S/C5H14N2S/c6-5-1-3-8(7)4-2-5/h5,8H,1-4,6-7H2. The lowest BCUT2D eigenvalue weighted by molar-refractivity contribution is 0.622. The molecule has 1 heterocycles. The van der Waals surface area contributed by atoms with Gasteiger partial charge < -0.3 is 5.73 Å². The van der Waals surface area contributed by atoms with Crippen molar-refractivity contribution in [2.75, 3.05) is 11.5 Å². The monoisotopic (exact) mass is 134 g/mol. The molecule has 0 saturated carbocycles. The first-order valence-corrected chi connectivity index (χ1v) is 4.82. The van der Waals surface area contributed by atoms with Crippen LogP contribution in [0, 0.1) is 0 Å². The van der Waals surface area contributed by atoms with Gasteiger partial charge >= 0.3 is 0 Å². The maximum absolute atomic E-state index is 5.71. The Bertz CT molecular complexity index is 58.8. The maximum Gasteiger partial charge on any atom is 0.00541 e. The van der Waals surface area contributed by atoms with Gasteiger partial charge in [0.15, 0.2) is 0 Å². The zero-order chi connectivity index (χ0) is 5.98. The molecule has 0 aromatic heterocycles. The maximum atomic E-state index is 5.71. The molecule has 1 aliphatic heterocycles. The highest BCUT2D eigenvalue weighted by molar-refractivity contribution is 8.15. The Morgan fingerprint density at radius 1 is 1.25 bits per heavy atom. The van der Waals surface area contributed by atoms with Crippen LogP contribution in [0.4, 0.5) is 0 Å². The van der Waals surface area contributed by atoms with E-state index in [1.807, 2.05) is 0 Å². The van der Waals surface area contributed by atoms with Gasteiger partial charge in [0.05, 0.1) is 0 Å². The van der Waals surface area contributed by atoms with E-state index in [-0.39, 0.29) is 11.1 Å². The predicted octanol–water partition coefficient (Wildman–Crippen LogP) is -0.0176. The molecule has 2 nitrogen and oxygen atoms in total. The Kier molecular flexibility index (Phi) is 2.16. The van der Waals surface area contributed by atoms with Crippen LogP contribution < -0.4 is 10.9 Å². The highest BCUT2D eigenvalue weighted by atomic mass is 32.2. The van der Waals surface area contributed by atoms with E-state index in [2.05, 4.69) is 0 Å². The van der Waals surface area contributed by atoms with Crippen molar-refractivity contribution in [1.29, 1.82) is 0 Å². The molecule has 0 spiro atoms. The first kappa shape index (κ1) is 6.39. The number of rotatable bonds is 0. The minimum Gasteiger partial charge on any atom is -0.328 e. The Morgan fingerprint density at radius 3 is 2.12 bits per heavy atom. The Hall–Kier alpha value is 0.270. The summed E-state index contributed by atoms with van der Waals surface area (Å²) < 4.78 is 0. The number of nitrogens with two attached hydrogens (primary N) is 2. The summed E-state index contributed by atoms with van der Waals surface area (Å²) in [6.07, 6.45) is 2.31. The summed E-state index contributed by atoms with van der Waals surface area (Å²) >= 11 is -0.0983. The van der Waals surface area contributed by atoms with E-state index < -0.39 is 0 Å². The molecule has 0 radical (unpaired) electrons. The van der Waals surface area contributed by atoms with Gasteiger partial charge in [0.1, 0.15) is 0 Å². The van der Waals surface area contributed by atoms with Crippen LogP contribution in [0.3, 0.4) is 0 Å². The minimum atomic E-state index is -0.0983. The van der Waals surface area contributed by atoms with E-state index in [1.54, 1.807) is 0 Å². The molecular weight excluding hydrogens is 120 g/mol. The second-order valence-electron chi connectivity index (χ2n) is 2.37. The summed E-state index contributed by atoms with van der Waals surface area (Å²) in [5, 5.41) is 5.71. The molecule has 1 fully saturated rings.